The summed E-state index contributed by atoms with van der Waals surface area (Å²) in [5, 5.41) is 9.59. The molecule has 0 aliphatic carbocycles. The molecule has 10 heteroatoms. The van der Waals surface area contributed by atoms with Crippen LogP contribution in [-0.2, 0) is 14.2 Å². The maximum absolute atomic E-state index is 9.59. The van der Waals surface area contributed by atoms with Crippen LogP contribution in [0.3, 0.4) is 0 Å². The predicted octanol–water partition coefficient (Wildman–Crippen LogP) is -0.173. The van der Waals surface area contributed by atoms with Crippen molar-refractivity contribution in [3.05, 3.63) is 6.33 Å². The Morgan fingerprint density at radius 3 is 2.79 bits per heavy atom. The largest absolute Gasteiger partial charge is 0.467 e. The van der Waals surface area contributed by atoms with Gasteiger partial charge in [-0.1, -0.05) is 0 Å². The van der Waals surface area contributed by atoms with E-state index < -0.39 is 24.2 Å². The topological polar surface area (TPSA) is 127 Å². The summed E-state index contributed by atoms with van der Waals surface area (Å²) in [6.45, 7) is 3.47. The average molecular weight is 337 g/mol. The van der Waals surface area contributed by atoms with Gasteiger partial charge >= 0.3 is 6.01 Å². The third-order valence-electron chi connectivity index (χ3n) is 4.19. The van der Waals surface area contributed by atoms with Crippen LogP contribution in [0.15, 0.2) is 6.33 Å². The van der Waals surface area contributed by atoms with Gasteiger partial charge in [-0.3, -0.25) is 4.57 Å². The molecule has 130 valence electrons. The highest BCUT2D eigenvalue weighted by Gasteiger charge is 2.56. The molecule has 4 rings (SSSR count). The van der Waals surface area contributed by atoms with Crippen molar-refractivity contribution in [1.29, 1.82) is 0 Å². The molecule has 3 N–H and O–H groups in total. The number of hydrogen-bond acceptors (Lipinski definition) is 9. The van der Waals surface area contributed by atoms with Gasteiger partial charge in [-0.25, -0.2) is 4.98 Å². The monoisotopic (exact) mass is 337 g/mol. The molecule has 4 heterocycles. The van der Waals surface area contributed by atoms with Crippen molar-refractivity contribution in [3.8, 4) is 6.01 Å². The number of methoxy groups -OCH3 is 1. The summed E-state index contributed by atoms with van der Waals surface area (Å²) in [5.74, 6) is -0.542. The zero-order valence-electron chi connectivity index (χ0n) is 13.5. The number of nitrogens with two attached hydrogens (primary N) is 1. The highest BCUT2D eigenvalue weighted by molar-refractivity contribution is 5.82. The lowest BCUT2D eigenvalue weighted by Crippen LogP contribution is -2.31. The van der Waals surface area contributed by atoms with Gasteiger partial charge in [0.05, 0.1) is 20.0 Å². The van der Waals surface area contributed by atoms with Gasteiger partial charge in [0.15, 0.2) is 29.0 Å². The van der Waals surface area contributed by atoms with E-state index in [1.165, 1.54) is 7.11 Å². The van der Waals surface area contributed by atoms with E-state index in [1.807, 2.05) is 13.8 Å². The van der Waals surface area contributed by atoms with Gasteiger partial charge in [-0.05, 0) is 13.8 Å². The molecule has 0 amide bonds. The van der Waals surface area contributed by atoms with Gasteiger partial charge in [0.25, 0.3) is 0 Å². The number of aliphatic hydroxyl groups is 1. The van der Waals surface area contributed by atoms with Gasteiger partial charge < -0.3 is 29.8 Å². The Balaban J connectivity index is 1.78. The Bertz CT molecular complexity index is 778. The minimum Gasteiger partial charge on any atom is -0.467 e. The first-order chi connectivity index (χ1) is 11.4. The number of ether oxygens (including phenoxy) is 4. The van der Waals surface area contributed by atoms with Crippen molar-refractivity contribution in [3.63, 3.8) is 0 Å². The SMILES string of the molecule is COc1nc(N)c2ncn([C@@H]3O[C@H](CO)[C@H]4OC(C)(C)O[C@H]43)c2n1. The molecule has 4 atom stereocenters. The molecular formula is C14H19N5O5. The van der Waals surface area contributed by atoms with Crippen LogP contribution in [-0.4, -0.2) is 62.4 Å². The van der Waals surface area contributed by atoms with E-state index >= 15 is 0 Å². The summed E-state index contributed by atoms with van der Waals surface area (Å²) in [4.78, 5) is 12.6. The van der Waals surface area contributed by atoms with Crippen LogP contribution < -0.4 is 10.5 Å². The molecule has 0 unspecified atom stereocenters. The number of imidazole rings is 1. The predicted molar refractivity (Wildman–Crippen MR) is 81.1 cm³/mol. The van der Waals surface area contributed by atoms with Crippen LogP contribution in [0.25, 0.3) is 11.2 Å². The highest BCUT2D eigenvalue weighted by Crippen LogP contribution is 2.43. The van der Waals surface area contributed by atoms with Crippen LogP contribution in [0.5, 0.6) is 6.01 Å². The first-order valence-electron chi connectivity index (χ1n) is 7.59. The van der Waals surface area contributed by atoms with Crippen LogP contribution >= 0.6 is 0 Å². The Morgan fingerprint density at radius 2 is 2.08 bits per heavy atom. The molecule has 2 aromatic heterocycles. The molecule has 0 bridgehead atoms. The van der Waals surface area contributed by atoms with Crippen LogP contribution in [0.4, 0.5) is 5.82 Å². The van der Waals surface area contributed by atoms with Gasteiger partial charge in [0.2, 0.25) is 0 Å². The molecule has 0 radical (unpaired) electrons. The van der Waals surface area contributed by atoms with Crippen LogP contribution in [0.2, 0.25) is 0 Å². The van der Waals surface area contributed by atoms with E-state index in [-0.39, 0.29) is 24.5 Å². The number of nitrogens with zero attached hydrogens (tertiary/aromatic N) is 4. The third-order valence-corrected chi connectivity index (χ3v) is 4.19. The second-order valence-corrected chi connectivity index (χ2v) is 6.23. The maximum atomic E-state index is 9.59. The average Bonchev–Trinajstić information content (AvgIpc) is 3.17. The van der Waals surface area contributed by atoms with E-state index in [1.54, 1.807) is 10.9 Å². The molecule has 2 fully saturated rings. The fraction of sp³-hybridized carbons (Fsp3) is 0.643. The van der Waals surface area contributed by atoms with E-state index in [0.29, 0.717) is 11.2 Å². The number of aromatic nitrogens is 4. The van der Waals surface area contributed by atoms with E-state index in [2.05, 4.69) is 15.0 Å². The second-order valence-electron chi connectivity index (χ2n) is 6.23. The first-order valence-corrected chi connectivity index (χ1v) is 7.59. The normalized spacial score (nSPS) is 31.5. The molecule has 2 saturated heterocycles. The van der Waals surface area contributed by atoms with Crippen molar-refractivity contribution >= 4 is 17.0 Å². The summed E-state index contributed by atoms with van der Waals surface area (Å²) in [6, 6.07) is 0.138. The summed E-state index contributed by atoms with van der Waals surface area (Å²) in [5.41, 5.74) is 6.82. The Labute approximate surface area is 137 Å². The fourth-order valence-corrected chi connectivity index (χ4v) is 3.23. The molecule has 10 nitrogen and oxygen atoms in total. The van der Waals surface area contributed by atoms with Gasteiger partial charge in [0.1, 0.15) is 18.3 Å². The zero-order valence-corrected chi connectivity index (χ0v) is 13.5. The minimum absolute atomic E-state index is 0.138. The molecular weight excluding hydrogens is 318 g/mol. The maximum Gasteiger partial charge on any atom is 0.320 e. The van der Waals surface area contributed by atoms with Gasteiger partial charge in [-0.15, -0.1) is 0 Å². The Kier molecular flexibility index (Phi) is 3.39. The molecule has 24 heavy (non-hydrogen) atoms. The molecule has 2 aliphatic rings. The van der Waals surface area contributed by atoms with Crippen molar-refractivity contribution in [2.24, 2.45) is 0 Å². The molecule has 2 aromatic rings. The van der Waals surface area contributed by atoms with E-state index in [4.69, 9.17) is 24.7 Å². The quantitative estimate of drug-likeness (QED) is 0.784. The summed E-state index contributed by atoms with van der Waals surface area (Å²) in [7, 11) is 1.46. The molecule has 0 aromatic carbocycles. The number of hydrogen-bond donors (Lipinski definition) is 2. The lowest BCUT2D eigenvalue weighted by Gasteiger charge is -2.24. The van der Waals surface area contributed by atoms with Crippen molar-refractivity contribution in [2.75, 3.05) is 19.5 Å². The number of rotatable bonds is 3. The lowest BCUT2D eigenvalue weighted by molar-refractivity contribution is -0.199. The number of fused-ring (bicyclic) bond motifs is 2. The van der Waals surface area contributed by atoms with Crippen LogP contribution in [0.1, 0.15) is 20.1 Å². The fourth-order valence-electron chi connectivity index (χ4n) is 3.23. The third kappa shape index (κ3) is 2.22. The van der Waals surface area contributed by atoms with Crippen molar-refractivity contribution in [1.82, 2.24) is 19.5 Å². The molecule has 2 aliphatic heterocycles. The Hall–Kier alpha value is -2.01. The summed E-state index contributed by atoms with van der Waals surface area (Å²) >= 11 is 0. The van der Waals surface area contributed by atoms with Crippen molar-refractivity contribution in [2.45, 2.75) is 44.2 Å². The Morgan fingerprint density at radius 1 is 1.33 bits per heavy atom. The standard InChI is InChI=1S/C14H19N5O5/c1-14(2)23-8-6(4-20)22-12(9(8)24-14)19-5-16-7-10(15)17-13(21-3)18-11(7)19/h5-6,8-9,12,20H,4H2,1-3H3,(H2,15,17,18)/t6-,8-,9-,12-/m1/s1. The van der Waals surface area contributed by atoms with Crippen molar-refractivity contribution < 1.29 is 24.1 Å². The van der Waals surface area contributed by atoms with E-state index in [0.717, 1.165) is 0 Å². The van der Waals surface area contributed by atoms with Crippen LogP contribution in [0, 0.1) is 0 Å². The molecule has 0 spiro atoms. The summed E-state index contributed by atoms with van der Waals surface area (Å²) in [6.07, 6.45) is -0.283. The zero-order chi connectivity index (χ0) is 17.1. The molecule has 0 saturated carbocycles. The minimum atomic E-state index is -0.757. The van der Waals surface area contributed by atoms with Gasteiger partial charge in [0, 0.05) is 0 Å². The highest BCUT2D eigenvalue weighted by atomic mass is 16.8. The smallest absolute Gasteiger partial charge is 0.320 e. The van der Waals surface area contributed by atoms with Gasteiger partial charge in [-0.2, -0.15) is 9.97 Å². The van der Waals surface area contributed by atoms with E-state index in [9.17, 15) is 5.11 Å². The number of anilines is 1. The summed E-state index contributed by atoms with van der Waals surface area (Å²) < 4.78 is 24.5. The second kappa shape index (κ2) is 5.24. The lowest BCUT2D eigenvalue weighted by atomic mass is 10.1. The number of nitrogen functional groups attached to an aromatic ring is 1. The number of aliphatic hydroxyl groups excluding tert-OH is 1. The first kappa shape index (κ1) is 15.5.